The van der Waals surface area contributed by atoms with Crippen LogP contribution in [-0.4, -0.2) is 114 Å². The van der Waals surface area contributed by atoms with Crippen molar-refractivity contribution in [2.75, 3.05) is 85.9 Å². The summed E-state index contributed by atoms with van der Waals surface area (Å²) < 4.78 is 45.2. The van der Waals surface area contributed by atoms with Gasteiger partial charge >= 0.3 is 0 Å². The van der Waals surface area contributed by atoms with Gasteiger partial charge in [-0.05, 0) is 32.1 Å². The molecule has 0 aromatic carbocycles. The van der Waals surface area contributed by atoms with Crippen molar-refractivity contribution in [3.8, 4) is 11.5 Å². The van der Waals surface area contributed by atoms with Crippen molar-refractivity contribution in [2.45, 2.75) is 70.7 Å². The van der Waals surface area contributed by atoms with Crippen molar-refractivity contribution in [1.29, 1.82) is 0 Å². The lowest BCUT2D eigenvalue weighted by Gasteiger charge is -2.22. The number of rotatable bonds is 26. The van der Waals surface area contributed by atoms with Gasteiger partial charge in [0, 0.05) is 58.0 Å². The summed E-state index contributed by atoms with van der Waals surface area (Å²) in [4.78, 5) is 1.05. The SMILES string of the molecule is CCCOCCCOCC(O)COCCC(Cc1scc2c1OCCO2)OCC(O)COCCCOCCC. The van der Waals surface area contributed by atoms with Crippen molar-refractivity contribution >= 4 is 11.3 Å². The van der Waals surface area contributed by atoms with Crippen LogP contribution in [-0.2, 0) is 34.8 Å². The second kappa shape index (κ2) is 22.6. The Bertz CT molecular complexity index is 704. The Kier molecular flexibility index (Phi) is 19.8. The summed E-state index contributed by atoms with van der Waals surface area (Å²) >= 11 is 1.58. The van der Waals surface area contributed by atoms with Gasteiger partial charge in [-0.25, -0.2) is 0 Å². The van der Waals surface area contributed by atoms with Crippen molar-refractivity contribution in [2.24, 2.45) is 0 Å². The maximum atomic E-state index is 10.4. The van der Waals surface area contributed by atoms with Gasteiger partial charge < -0.3 is 48.1 Å². The van der Waals surface area contributed by atoms with Crippen LogP contribution in [0.3, 0.4) is 0 Å². The number of ether oxygens (including phenoxy) is 8. The lowest BCUT2D eigenvalue weighted by atomic mass is 10.1. The van der Waals surface area contributed by atoms with E-state index >= 15 is 0 Å². The minimum absolute atomic E-state index is 0.153. The molecule has 11 heteroatoms. The zero-order valence-electron chi connectivity index (χ0n) is 23.8. The second-order valence-electron chi connectivity index (χ2n) is 9.46. The molecule has 0 aliphatic carbocycles. The van der Waals surface area contributed by atoms with Crippen LogP contribution in [0.5, 0.6) is 11.5 Å². The minimum Gasteiger partial charge on any atom is -0.485 e. The maximum Gasteiger partial charge on any atom is 0.175 e. The predicted octanol–water partition coefficient (Wildman–Crippen LogP) is 3.24. The van der Waals surface area contributed by atoms with Crippen molar-refractivity contribution in [3.05, 3.63) is 10.3 Å². The number of hydrogen-bond acceptors (Lipinski definition) is 11. The largest absolute Gasteiger partial charge is 0.485 e. The number of aliphatic hydroxyl groups excluding tert-OH is 2. The smallest absolute Gasteiger partial charge is 0.175 e. The summed E-state index contributed by atoms with van der Waals surface area (Å²) in [5, 5.41) is 22.4. The van der Waals surface area contributed by atoms with Crippen LogP contribution in [0.2, 0.25) is 0 Å². The van der Waals surface area contributed by atoms with Gasteiger partial charge in [-0.3, -0.25) is 0 Å². The molecule has 0 saturated carbocycles. The molecule has 228 valence electrons. The van der Waals surface area contributed by atoms with Crippen LogP contribution in [0.1, 0.15) is 50.8 Å². The van der Waals surface area contributed by atoms with Crippen molar-refractivity contribution in [1.82, 2.24) is 0 Å². The van der Waals surface area contributed by atoms with Crippen LogP contribution in [0.15, 0.2) is 5.38 Å². The van der Waals surface area contributed by atoms with Crippen LogP contribution < -0.4 is 9.47 Å². The Morgan fingerprint density at radius 3 is 1.95 bits per heavy atom. The summed E-state index contributed by atoms with van der Waals surface area (Å²) in [6.07, 6.45) is 3.19. The van der Waals surface area contributed by atoms with E-state index in [0.29, 0.717) is 59.1 Å². The molecular weight excluding hydrogens is 528 g/mol. The first-order valence-electron chi connectivity index (χ1n) is 14.4. The molecule has 2 heterocycles. The van der Waals surface area contributed by atoms with E-state index in [1.54, 1.807) is 11.3 Å². The summed E-state index contributed by atoms with van der Waals surface area (Å²) in [5.41, 5.74) is 0. The molecular formula is C28H50O10S. The lowest BCUT2D eigenvalue weighted by molar-refractivity contribution is -0.0600. The summed E-state index contributed by atoms with van der Waals surface area (Å²) in [5.74, 6) is 1.55. The number of aliphatic hydroxyl groups is 2. The van der Waals surface area contributed by atoms with Crippen LogP contribution >= 0.6 is 11.3 Å². The topological polar surface area (TPSA) is 114 Å². The maximum absolute atomic E-state index is 10.4. The average molecular weight is 579 g/mol. The third kappa shape index (κ3) is 16.1. The van der Waals surface area contributed by atoms with Gasteiger partial charge in [0.05, 0.1) is 37.4 Å². The van der Waals surface area contributed by atoms with Gasteiger partial charge in [0.25, 0.3) is 0 Å². The lowest BCUT2D eigenvalue weighted by Crippen LogP contribution is -2.28. The zero-order chi connectivity index (χ0) is 28.0. The van der Waals surface area contributed by atoms with Crippen LogP contribution in [0.4, 0.5) is 0 Å². The fourth-order valence-electron chi connectivity index (χ4n) is 3.74. The highest BCUT2D eigenvalue weighted by Gasteiger charge is 2.22. The van der Waals surface area contributed by atoms with E-state index in [0.717, 1.165) is 55.3 Å². The van der Waals surface area contributed by atoms with Crippen LogP contribution in [0, 0.1) is 0 Å². The third-order valence-corrected chi connectivity index (χ3v) is 6.64. The minimum atomic E-state index is -0.729. The van der Waals surface area contributed by atoms with Gasteiger partial charge in [-0.1, -0.05) is 13.8 Å². The molecule has 0 bridgehead atoms. The van der Waals surface area contributed by atoms with E-state index in [-0.39, 0.29) is 32.5 Å². The van der Waals surface area contributed by atoms with Crippen molar-refractivity contribution < 1.29 is 48.1 Å². The van der Waals surface area contributed by atoms with Crippen molar-refractivity contribution in [3.63, 3.8) is 0 Å². The Morgan fingerprint density at radius 1 is 0.744 bits per heavy atom. The fraction of sp³-hybridized carbons (Fsp3) is 0.857. The molecule has 0 spiro atoms. The summed E-state index contributed by atoms with van der Waals surface area (Å²) in [7, 11) is 0. The molecule has 0 amide bonds. The quantitative estimate of drug-likeness (QED) is 0.159. The summed E-state index contributed by atoms with van der Waals surface area (Å²) in [6, 6.07) is 0. The second-order valence-corrected chi connectivity index (χ2v) is 10.4. The van der Waals surface area contributed by atoms with Gasteiger partial charge in [-0.2, -0.15) is 0 Å². The number of hydrogen-bond donors (Lipinski definition) is 2. The van der Waals surface area contributed by atoms with E-state index in [1.165, 1.54) is 0 Å². The molecule has 0 fully saturated rings. The molecule has 3 atom stereocenters. The molecule has 2 rings (SSSR count). The van der Waals surface area contributed by atoms with Gasteiger partial charge in [0.2, 0.25) is 0 Å². The molecule has 3 unspecified atom stereocenters. The fourth-order valence-corrected chi connectivity index (χ4v) is 4.72. The predicted molar refractivity (Wildman–Crippen MR) is 149 cm³/mol. The number of fused-ring (bicyclic) bond motifs is 1. The number of thiophene rings is 1. The molecule has 1 aliphatic rings. The van der Waals surface area contributed by atoms with E-state index < -0.39 is 12.2 Å². The van der Waals surface area contributed by atoms with Gasteiger partial charge in [-0.15, -0.1) is 11.3 Å². The molecule has 1 aromatic rings. The third-order valence-electron chi connectivity index (χ3n) is 5.68. The molecule has 1 aromatic heterocycles. The average Bonchev–Trinajstić information content (AvgIpc) is 3.35. The highest BCUT2D eigenvalue weighted by atomic mass is 32.1. The first-order valence-corrected chi connectivity index (χ1v) is 15.2. The standard InChI is InChI=1S/C28H50O10S/c1-3-8-31-10-5-12-33-18-23(29)19-35-14-7-25(17-27-28-26(22-39-27)36-15-16-37-28)38-21-24(30)20-34-13-6-11-32-9-4-2/h22-25,29-30H,3-21H2,1-2H3. The monoisotopic (exact) mass is 578 g/mol. The highest BCUT2D eigenvalue weighted by molar-refractivity contribution is 7.10. The molecule has 0 radical (unpaired) electrons. The molecule has 10 nitrogen and oxygen atoms in total. The Balaban J connectivity index is 1.68. The van der Waals surface area contributed by atoms with Gasteiger partial charge in [0.1, 0.15) is 25.4 Å². The van der Waals surface area contributed by atoms with E-state index in [9.17, 15) is 10.2 Å². The first-order chi connectivity index (χ1) is 19.1. The highest BCUT2D eigenvalue weighted by Crippen LogP contribution is 2.40. The van der Waals surface area contributed by atoms with E-state index in [2.05, 4.69) is 13.8 Å². The van der Waals surface area contributed by atoms with Crippen LogP contribution in [0.25, 0.3) is 0 Å². The molecule has 39 heavy (non-hydrogen) atoms. The Labute approximate surface area is 237 Å². The van der Waals surface area contributed by atoms with E-state index in [1.807, 2.05) is 5.38 Å². The zero-order valence-corrected chi connectivity index (χ0v) is 24.6. The molecule has 1 aliphatic heterocycles. The Morgan fingerprint density at radius 2 is 1.31 bits per heavy atom. The normalized spacial score (nSPS) is 15.4. The van der Waals surface area contributed by atoms with E-state index in [4.69, 9.17) is 37.9 Å². The molecule has 2 N–H and O–H groups in total. The first kappa shape index (κ1) is 34.2. The van der Waals surface area contributed by atoms with Gasteiger partial charge in [0.15, 0.2) is 11.5 Å². The molecule has 0 saturated heterocycles. The Hall–Kier alpha value is -1.02. The summed E-state index contributed by atoms with van der Waals surface area (Å²) in [6.45, 7) is 10.3.